The molecule has 0 aliphatic carbocycles. The first-order valence-electron chi connectivity index (χ1n) is 7.48. The highest BCUT2D eigenvalue weighted by Gasteiger charge is 2.26. The SMILES string of the molecule is COc1cc2c(cc1OC)-c1ccc3ccccc3[n+]1CC2. The summed E-state index contributed by atoms with van der Waals surface area (Å²) in [5.74, 6) is 1.58. The topological polar surface area (TPSA) is 22.3 Å². The average Bonchev–Trinajstić information content (AvgIpc) is 2.59. The number of fused-ring (bicyclic) bond motifs is 5. The second kappa shape index (κ2) is 5.02. The minimum Gasteiger partial charge on any atom is -0.493 e. The Morgan fingerprint density at radius 1 is 0.909 bits per heavy atom. The minimum absolute atomic E-state index is 0.780. The van der Waals surface area contributed by atoms with Crippen molar-refractivity contribution in [1.82, 2.24) is 0 Å². The maximum atomic E-state index is 5.47. The van der Waals surface area contributed by atoms with E-state index in [0.29, 0.717) is 0 Å². The number of hydrogen-bond donors (Lipinski definition) is 0. The van der Waals surface area contributed by atoms with Gasteiger partial charge in [0.1, 0.15) is 0 Å². The molecular weight excluding hydrogens is 274 g/mol. The van der Waals surface area contributed by atoms with Gasteiger partial charge in [-0.25, -0.2) is 0 Å². The molecule has 0 spiro atoms. The van der Waals surface area contributed by atoms with Crippen LogP contribution >= 0.6 is 0 Å². The smallest absolute Gasteiger partial charge is 0.213 e. The van der Waals surface area contributed by atoms with Gasteiger partial charge in [-0.2, -0.15) is 4.57 Å². The van der Waals surface area contributed by atoms with Crippen LogP contribution in [-0.2, 0) is 13.0 Å². The van der Waals surface area contributed by atoms with E-state index in [1.807, 2.05) is 0 Å². The van der Waals surface area contributed by atoms with Crippen molar-refractivity contribution in [2.75, 3.05) is 14.2 Å². The second-order valence-electron chi connectivity index (χ2n) is 5.54. The Morgan fingerprint density at radius 2 is 1.68 bits per heavy atom. The van der Waals surface area contributed by atoms with Gasteiger partial charge in [0.15, 0.2) is 18.0 Å². The zero-order chi connectivity index (χ0) is 15.1. The van der Waals surface area contributed by atoms with Crippen LogP contribution in [0.25, 0.3) is 22.2 Å². The number of ether oxygens (including phenoxy) is 2. The maximum Gasteiger partial charge on any atom is 0.213 e. The van der Waals surface area contributed by atoms with Crippen LogP contribution in [0.15, 0.2) is 48.5 Å². The number of methoxy groups -OCH3 is 2. The number of nitrogens with zero attached hydrogens (tertiary/aromatic N) is 1. The second-order valence-corrected chi connectivity index (χ2v) is 5.54. The third-order valence-electron chi connectivity index (χ3n) is 4.43. The summed E-state index contributed by atoms with van der Waals surface area (Å²) in [5.41, 5.74) is 5.06. The van der Waals surface area contributed by atoms with Crippen molar-refractivity contribution in [3.05, 3.63) is 54.1 Å². The third kappa shape index (κ3) is 1.86. The fraction of sp³-hybridized carbons (Fsp3) is 0.211. The summed E-state index contributed by atoms with van der Waals surface area (Å²) in [6.07, 6.45) is 1.00. The molecule has 22 heavy (non-hydrogen) atoms. The Bertz CT molecular complexity index is 871. The molecular formula is C19H18NO2+. The lowest BCUT2D eigenvalue weighted by Gasteiger charge is -2.18. The highest BCUT2D eigenvalue weighted by Crippen LogP contribution is 2.37. The standard InChI is InChI=1S/C19H18NO2/c1-21-18-11-14-9-10-20-16-6-4-3-5-13(16)7-8-17(20)15(14)12-19(18)22-2/h3-8,11-12H,9-10H2,1-2H3/q+1. The van der Waals surface area contributed by atoms with E-state index in [1.165, 1.54) is 27.7 Å². The van der Waals surface area contributed by atoms with Crippen molar-refractivity contribution < 1.29 is 14.0 Å². The van der Waals surface area contributed by atoms with Crippen molar-refractivity contribution in [2.45, 2.75) is 13.0 Å². The number of aromatic nitrogens is 1. The lowest BCUT2D eigenvalue weighted by molar-refractivity contribution is -0.661. The molecule has 2 heterocycles. The van der Waals surface area contributed by atoms with Gasteiger partial charge >= 0.3 is 0 Å². The number of benzene rings is 2. The minimum atomic E-state index is 0.780. The van der Waals surface area contributed by atoms with Crippen molar-refractivity contribution in [2.24, 2.45) is 0 Å². The van der Waals surface area contributed by atoms with Crippen LogP contribution in [0.2, 0.25) is 0 Å². The molecule has 1 aliphatic heterocycles. The molecule has 3 heteroatoms. The van der Waals surface area contributed by atoms with Crippen molar-refractivity contribution in [1.29, 1.82) is 0 Å². The predicted molar refractivity (Wildman–Crippen MR) is 86.4 cm³/mol. The summed E-state index contributed by atoms with van der Waals surface area (Å²) in [4.78, 5) is 0. The molecule has 0 atom stereocenters. The van der Waals surface area contributed by atoms with Gasteiger partial charge in [0.25, 0.3) is 0 Å². The Kier molecular flexibility index (Phi) is 3.00. The zero-order valence-electron chi connectivity index (χ0n) is 12.8. The van der Waals surface area contributed by atoms with Crippen molar-refractivity contribution in [3.63, 3.8) is 0 Å². The van der Waals surface area contributed by atoms with Crippen LogP contribution in [-0.4, -0.2) is 14.2 Å². The molecule has 0 saturated heterocycles. The van der Waals surface area contributed by atoms with Crippen LogP contribution in [0.3, 0.4) is 0 Å². The van der Waals surface area contributed by atoms with Gasteiger partial charge in [-0.15, -0.1) is 0 Å². The van der Waals surface area contributed by atoms with Crippen LogP contribution in [0.4, 0.5) is 0 Å². The third-order valence-corrected chi connectivity index (χ3v) is 4.43. The lowest BCUT2D eigenvalue weighted by atomic mass is 9.95. The molecule has 0 saturated carbocycles. The summed E-state index contributed by atoms with van der Waals surface area (Å²) in [7, 11) is 3.37. The molecule has 0 unspecified atom stereocenters. The van der Waals surface area contributed by atoms with Crippen LogP contribution in [0.5, 0.6) is 11.5 Å². The summed E-state index contributed by atoms with van der Waals surface area (Å²) in [6.45, 7) is 0.985. The van der Waals surface area contributed by atoms with E-state index in [9.17, 15) is 0 Å². The molecule has 0 amide bonds. The summed E-state index contributed by atoms with van der Waals surface area (Å²) in [5, 5.41) is 1.27. The Hall–Kier alpha value is -2.55. The van der Waals surface area contributed by atoms with Gasteiger partial charge in [-0.3, -0.25) is 0 Å². The van der Waals surface area contributed by atoms with E-state index in [2.05, 4.69) is 53.1 Å². The Morgan fingerprint density at radius 3 is 2.50 bits per heavy atom. The number of hydrogen-bond acceptors (Lipinski definition) is 2. The zero-order valence-corrected chi connectivity index (χ0v) is 12.8. The first-order valence-corrected chi connectivity index (χ1v) is 7.48. The fourth-order valence-electron chi connectivity index (χ4n) is 3.34. The predicted octanol–water partition coefficient (Wildman–Crippen LogP) is 3.37. The highest BCUT2D eigenvalue weighted by atomic mass is 16.5. The molecule has 110 valence electrons. The monoisotopic (exact) mass is 292 g/mol. The van der Waals surface area contributed by atoms with E-state index in [1.54, 1.807) is 14.2 Å². The van der Waals surface area contributed by atoms with E-state index in [-0.39, 0.29) is 0 Å². The lowest BCUT2D eigenvalue weighted by Crippen LogP contribution is -2.41. The number of pyridine rings is 1. The van der Waals surface area contributed by atoms with E-state index < -0.39 is 0 Å². The van der Waals surface area contributed by atoms with Gasteiger partial charge < -0.3 is 9.47 Å². The van der Waals surface area contributed by atoms with Gasteiger partial charge in [0, 0.05) is 23.9 Å². The van der Waals surface area contributed by atoms with Crippen LogP contribution < -0.4 is 14.0 Å². The van der Waals surface area contributed by atoms with Crippen LogP contribution in [0.1, 0.15) is 5.56 Å². The summed E-state index contributed by atoms with van der Waals surface area (Å²) >= 11 is 0. The van der Waals surface area contributed by atoms with Crippen LogP contribution in [0, 0.1) is 0 Å². The van der Waals surface area contributed by atoms with Gasteiger partial charge in [-0.1, -0.05) is 12.1 Å². The highest BCUT2D eigenvalue weighted by molar-refractivity contribution is 5.78. The van der Waals surface area contributed by atoms with Crippen molar-refractivity contribution >= 4 is 10.9 Å². The molecule has 4 rings (SSSR count). The molecule has 1 aromatic heterocycles. The average molecular weight is 292 g/mol. The first-order chi connectivity index (χ1) is 10.8. The molecule has 0 radical (unpaired) electrons. The Balaban J connectivity index is 1.99. The molecule has 0 bridgehead atoms. The van der Waals surface area contributed by atoms with Crippen molar-refractivity contribution in [3.8, 4) is 22.8 Å². The number of para-hydroxylation sites is 1. The van der Waals surface area contributed by atoms with E-state index >= 15 is 0 Å². The molecule has 0 N–H and O–H groups in total. The molecule has 3 nitrogen and oxygen atoms in total. The van der Waals surface area contributed by atoms with Gasteiger partial charge in [0.05, 0.1) is 19.8 Å². The van der Waals surface area contributed by atoms with E-state index in [0.717, 1.165) is 24.5 Å². The van der Waals surface area contributed by atoms with Gasteiger partial charge in [0.2, 0.25) is 11.2 Å². The molecule has 3 aromatic rings. The number of aryl methyl sites for hydroxylation is 2. The Labute approximate surface area is 129 Å². The van der Waals surface area contributed by atoms with Gasteiger partial charge in [-0.05, 0) is 29.8 Å². The fourth-order valence-corrected chi connectivity index (χ4v) is 3.34. The quantitative estimate of drug-likeness (QED) is 0.676. The molecule has 0 fully saturated rings. The normalized spacial score (nSPS) is 12.6. The molecule has 2 aromatic carbocycles. The largest absolute Gasteiger partial charge is 0.493 e. The summed E-state index contributed by atoms with van der Waals surface area (Å²) in [6, 6.07) is 17.1. The number of rotatable bonds is 2. The molecule has 1 aliphatic rings. The first kappa shape index (κ1) is 13.1. The maximum absolute atomic E-state index is 5.47. The van der Waals surface area contributed by atoms with E-state index in [4.69, 9.17) is 9.47 Å². The summed E-state index contributed by atoms with van der Waals surface area (Å²) < 4.78 is 13.3.